The first-order valence-electron chi connectivity index (χ1n) is 5.33. The zero-order valence-electron chi connectivity index (χ0n) is 9.51. The van der Waals surface area contributed by atoms with E-state index in [1.165, 1.54) is 11.8 Å². The van der Waals surface area contributed by atoms with Gasteiger partial charge < -0.3 is 9.47 Å². The van der Waals surface area contributed by atoms with Crippen LogP contribution in [-0.2, 0) is 19.1 Å². The summed E-state index contributed by atoms with van der Waals surface area (Å²) in [6, 6.07) is 0. The molecule has 1 heterocycles. The molecule has 0 aromatic heterocycles. The second-order valence-electron chi connectivity index (χ2n) is 3.16. The summed E-state index contributed by atoms with van der Waals surface area (Å²) in [5.74, 6) is 3.66. The third-order valence-corrected chi connectivity index (χ3v) is 4.83. The van der Waals surface area contributed by atoms with Crippen molar-refractivity contribution in [3.8, 4) is 0 Å². The van der Waals surface area contributed by atoms with Crippen LogP contribution in [0.1, 0.15) is 0 Å². The van der Waals surface area contributed by atoms with Gasteiger partial charge in [-0.15, -0.1) is 11.8 Å². The molecule has 0 amide bonds. The predicted octanol–water partition coefficient (Wildman–Crippen LogP) is 1.29. The van der Waals surface area contributed by atoms with E-state index in [1.807, 2.05) is 0 Å². The molecule has 0 saturated carbocycles. The minimum atomic E-state index is -0.257. The van der Waals surface area contributed by atoms with E-state index in [2.05, 4.69) is 0 Å². The fraction of sp³-hybridized carbons (Fsp3) is 0.800. The quantitative estimate of drug-likeness (QED) is 0.624. The molecule has 0 aromatic rings. The van der Waals surface area contributed by atoms with Crippen molar-refractivity contribution in [3.63, 3.8) is 0 Å². The first-order valence-corrected chi connectivity index (χ1v) is 8.80. The maximum Gasteiger partial charge on any atom is 0.315 e. The van der Waals surface area contributed by atoms with Crippen molar-refractivity contribution < 1.29 is 19.1 Å². The molecule has 0 radical (unpaired) electrons. The highest BCUT2D eigenvalue weighted by atomic mass is 32.2. The normalized spacial score (nSPS) is 21.9. The first kappa shape index (κ1) is 15.0. The lowest BCUT2D eigenvalue weighted by Crippen LogP contribution is -2.13. The van der Waals surface area contributed by atoms with Crippen LogP contribution in [0.3, 0.4) is 0 Å². The molecule has 17 heavy (non-hydrogen) atoms. The average molecular weight is 296 g/mol. The summed E-state index contributed by atoms with van der Waals surface area (Å²) in [5, 5.41) is 0. The van der Waals surface area contributed by atoms with Crippen LogP contribution in [0.4, 0.5) is 0 Å². The summed E-state index contributed by atoms with van der Waals surface area (Å²) >= 11 is 4.79. The highest BCUT2D eigenvalue weighted by Crippen LogP contribution is 2.09. The lowest BCUT2D eigenvalue weighted by Gasteiger charge is -2.04. The largest absolute Gasteiger partial charge is 0.464 e. The van der Waals surface area contributed by atoms with E-state index in [-0.39, 0.29) is 23.4 Å². The minimum Gasteiger partial charge on any atom is -0.464 e. The van der Waals surface area contributed by atoms with Gasteiger partial charge in [0.1, 0.15) is 13.2 Å². The zero-order chi connectivity index (χ0) is 12.3. The van der Waals surface area contributed by atoms with E-state index >= 15 is 0 Å². The number of cyclic esters (lactones) is 2. The predicted molar refractivity (Wildman–Crippen MR) is 73.9 cm³/mol. The number of carbonyl (C=O) groups excluding carboxylic acids is 2. The van der Waals surface area contributed by atoms with Gasteiger partial charge in [-0.1, -0.05) is 0 Å². The van der Waals surface area contributed by atoms with Crippen molar-refractivity contribution in [3.05, 3.63) is 0 Å². The van der Waals surface area contributed by atoms with Crippen LogP contribution in [0.5, 0.6) is 0 Å². The third-order valence-electron chi connectivity index (χ3n) is 1.79. The van der Waals surface area contributed by atoms with Crippen LogP contribution in [0.2, 0.25) is 0 Å². The van der Waals surface area contributed by atoms with Gasteiger partial charge in [0.25, 0.3) is 0 Å². The summed E-state index contributed by atoms with van der Waals surface area (Å²) < 4.78 is 10.0. The third kappa shape index (κ3) is 8.68. The van der Waals surface area contributed by atoms with E-state index in [1.54, 1.807) is 23.5 Å². The molecule has 0 aromatic carbocycles. The molecule has 1 aliphatic heterocycles. The fourth-order valence-corrected chi connectivity index (χ4v) is 3.41. The molecule has 1 saturated heterocycles. The Morgan fingerprint density at radius 2 is 1.18 bits per heavy atom. The Bertz CT molecular complexity index is 224. The van der Waals surface area contributed by atoms with Crippen LogP contribution < -0.4 is 0 Å². The highest BCUT2D eigenvalue weighted by Gasteiger charge is 2.08. The molecule has 98 valence electrons. The van der Waals surface area contributed by atoms with Gasteiger partial charge in [0, 0.05) is 23.0 Å². The standard InChI is InChI=1S/C10H16O4S3/c11-9-7-17-8-10(12)14-2-4-16-6-5-15-3-1-13-9/h1-8H2. The van der Waals surface area contributed by atoms with Crippen molar-refractivity contribution in [1.82, 2.24) is 0 Å². The molecular formula is C10H16O4S3. The number of esters is 2. The van der Waals surface area contributed by atoms with Gasteiger partial charge in [-0.25, -0.2) is 0 Å². The summed E-state index contributed by atoms with van der Waals surface area (Å²) in [7, 11) is 0. The van der Waals surface area contributed by atoms with Gasteiger partial charge in [0.2, 0.25) is 0 Å². The number of thioether (sulfide) groups is 3. The smallest absolute Gasteiger partial charge is 0.315 e. The van der Waals surface area contributed by atoms with Crippen molar-refractivity contribution in [2.75, 3.05) is 47.7 Å². The van der Waals surface area contributed by atoms with Crippen LogP contribution in [0, 0.1) is 0 Å². The molecule has 1 rings (SSSR count). The molecule has 4 nitrogen and oxygen atoms in total. The topological polar surface area (TPSA) is 52.6 Å². The highest BCUT2D eigenvalue weighted by molar-refractivity contribution is 8.02. The Balaban J connectivity index is 2.24. The molecule has 0 spiro atoms. The lowest BCUT2D eigenvalue weighted by molar-refractivity contribution is -0.140. The Hall–Kier alpha value is -0.0100. The van der Waals surface area contributed by atoms with Gasteiger partial charge in [0.15, 0.2) is 0 Å². The number of rotatable bonds is 0. The summed E-state index contributed by atoms with van der Waals surface area (Å²) in [6.45, 7) is 0.915. The zero-order valence-corrected chi connectivity index (χ0v) is 12.0. The van der Waals surface area contributed by atoms with Gasteiger partial charge in [-0.2, -0.15) is 23.5 Å². The van der Waals surface area contributed by atoms with E-state index < -0.39 is 0 Å². The van der Waals surface area contributed by atoms with E-state index in [9.17, 15) is 9.59 Å². The lowest BCUT2D eigenvalue weighted by atomic mass is 10.7. The second-order valence-corrected chi connectivity index (χ2v) is 6.59. The summed E-state index contributed by atoms with van der Waals surface area (Å²) in [5.41, 5.74) is 0. The van der Waals surface area contributed by atoms with E-state index in [0.717, 1.165) is 23.0 Å². The van der Waals surface area contributed by atoms with Crippen molar-refractivity contribution in [2.24, 2.45) is 0 Å². The van der Waals surface area contributed by atoms with Gasteiger partial charge >= 0.3 is 11.9 Å². The maximum atomic E-state index is 11.2. The SMILES string of the molecule is O=C1CSCC(=O)OCCSCCSCCO1. The van der Waals surface area contributed by atoms with Crippen LogP contribution >= 0.6 is 35.3 Å². The molecule has 7 heteroatoms. The monoisotopic (exact) mass is 296 g/mol. The van der Waals surface area contributed by atoms with E-state index in [0.29, 0.717) is 13.2 Å². The van der Waals surface area contributed by atoms with E-state index in [4.69, 9.17) is 9.47 Å². The Labute approximate surface area is 114 Å². The molecule has 0 atom stereocenters. The summed E-state index contributed by atoms with van der Waals surface area (Å²) in [6.07, 6.45) is 0. The summed E-state index contributed by atoms with van der Waals surface area (Å²) in [4.78, 5) is 22.4. The first-order chi connectivity index (χ1) is 8.29. The van der Waals surface area contributed by atoms with Gasteiger partial charge in [0.05, 0.1) is 11.5 Å². The Morgan fingerprint density at radius 3 is 1.65 bits per heavy atom. The van der Waals surface area contributed by atoms with Gasteiger partial charge in [-0.05, 0) is 0 Å². The minimum absolute atomic E-state index is 0.217. The van der Waals surface area contributed by atoms with Crippen molar-refractivity contribution in [1.29, 1.82) is 0 Å². The molecular weight excluding hydrogens is 280 g/mol. The molecule has 0 aliphatic carbocycles. The molecule has 0 unspecified atom stereocenters. The Kier molecular flexibility index (Phi) is 8.82. The number of carbonyl (C=O) groups is 2. The van der Waals surface area contributed by atoms with Crippen molar-refractivity contribution >= 4 is 47.2 Å². The fourth-order valence-electron chi connectivity index (χ4n) is 1.05. The van der Waals surface area contributed by atoms with Crippen molar-refractivity contribution in [2.45, 2.75) is 0 Å². The number of hydrogen-bond acceptors (Lipinski definition) is 7. The second kappa shape index (κ2) is 9.96. The average Bonchev–Trinajstić information content (AvgIpc) is 2.31. The molecule has 0 N–H and O–H groups in total. The Morgan fingerprint density at radius 1 is 0.706 bits per heavy atom. The van der Waals surface area contributed by atoms with Crippen LogP contribution in [0.15, 0.2) is 0 Å². The van der Waals surface area contributed by atoms with Crippen LogP contribution in [-0.4, -0.2) is 59.7 Å². The molecule has 1 aliphatic rings. The van der Waals surface area contributed by atoms with Gasteiger partial charge in [-0.3, -0.25) is 9.59 Å². The van der Waals surface area contributed by atoms with Crippen LogP contribution in [0.25, 0.3) is 0 Å². The molecule has 0 bridgehead atoms. The number of ether oxygens (including phenoxy) is 2. The number of hydrogen-bond donors (Lipinski definition) is 0. The molecule has 1 fully saturated rings. The maximum absolute atomic E-state index is 11.2.